The first-order valence-electron chi connectivity index (χ1n) is 8.58. The van der Waals surface area contributed by atoms with Gasteiger partial charge in [0.15, 0.2) is 12.0 Å². The number of hydrogen-bond donors (Lipinski definition) is 4. The molecule has 2 aliphatic rings. The molecule has 1 saturated heterocycles. The molecule has 4 rings (SSSR count). The molecule has 2 unspecified atom stereocenters. The van der Waals surface area contributed by atoms with E-state index in [0.29, 0.717) is 11.3 Å². The van der Waals surface area contributed by atoms with Crippen LogP contribution in [0.2, 0.25) is 0 Å². The summed E-state index contributed by atoms with van der Waals surface area (Å²) in [5.74, 6) is 0.271. The van der Waals surface area contributed by atoms with E-state index in [2.05, 4.69) is 4.98 Å². The highest BCUT2D eigenvalue weighted by Gasteiger charge is 2.46. The average molecular weight is 427 g/mol. The molecule has 156 valence electrons. The van der Waals surface area contributed by atoms with E-state index < -0.39 is 44.7 Å². The van der Waals surface area contributed by atoms with Gasteiger partial charge in [0, 0.05) is 11.8 Å². The SMILES string of the molecule is O=c1nc(NO)ccn1[C@@H]1O[C@H](COP2(=O)OCc3ccccc3O2)C(O)[C@@H]1O. The molecule has 0 saturated carbocycles. The zero-order valence-electron chi connectivity index (χ0n) is 14.8. The molecule has 0 aliphatic carbocycles. The Balaban J connectivity index is 1.44. The fourth-order valence-electron chi connectivity index (χ4n) is 3.00. The summed E-state index contributed by atoms with van der Waals surface area (Å²) in [6, 6.07) is 8.15. The number of aliphatic hydroxyl groups excluding tert-OH is 2. The van der Waals surface area contributed by atoms with Crippen molar-refractivity contribution >= 4 is 13.6 Å². The normalized spacial score (nSPS) is 31.1. The van der Waals surface area contributed by atoms with Crippen LogP contribution in [-0.4, -0.2) is 49.9 Å². The molecule has 3 heterocycles. The van der Waals surface area contributed by atoms with Crippen molar-refractivity contribution in [2.75, 3.05) is 12.1 Å². The summed E-state index contributed by atoms with van der Waals surface area (Å²) in [5.41, 5.74) is 1.61. The van der Waals surface area contributed by atoms with Gasteiger partial charge < -0.3 is 19.5 Å². The molecular weight excluding hydrogens is 409 g/mol. The van der Waals surface area contributed by atoms with Crippen LogP contribution < -0.4 is 15.7 Å². The molecule has 13 heteroatoms. The molecule has 0 radical (unpaired) electrons. The van der Waals surface area contributed by atoms with E-state index in [1.54, 1.807) is 29.7 Å². The fourth-order valence-corrected chi connectivity index (χ4v) is 4.23. The van der Waals surface area contributed by atoms with Gasteiger partial charge in [-0.15, -0.1) is 0 Å². The van der Waals surface area contributed by atoms with Gasteiger partial charge in [-0.2, -0.15) is 4.98 Å². The molecule has 1 fully saturated rings. The number of rotatable bonds is 5. The summed E-state index contributed by atoms with van der Waals surface area (Å²) >= 11 is 0. The van der Waals surface area contributed by atoms with Crippen LogP contribution in [0.15, 0.2) is 41.3 Å². The van der Waals surface area contributed by atoms with Crippen molar-refractivity contribution in [3.63, 3.8) is 0 Å². The topological polar surface area (TPSA) is 162 Å². The van der Waals surface area contributed by atoms with Crippen molar-refractivity contribution in [3.05, 3.63) is 52.6 Å². The van der Waals surface area contributed by atoms with Gasteiger partial charge in [0.05, 0.1) is 13.2 Å². The third-order valence-electron chi connectivity index (χ3n) is 4.51. The molecule has 1 aromatic carbocycles. The second-order valence-corrected chi connectivity index (χ2v) is 7.97. The summed E-state index contributed by atoms with van der Waals surface area (Å²) < 4.78 is 34.9. The van der Waals surface area contributed by atoms with Crippen LogP contribution in [0.4, 0.5) is 5.82 Å². The molecule has 0 spiro atoms. The lowest BCUT2D eigenvalue weighted by Crippen LogP contribution is -2.36. The number of nitrogens with zero attached hydrogens (tertiary/aromatic N) is 2. The zero-order chi connectivity index (χ0) is 20.6. The number of anilines is 1. The van der Waals surface area contributed by atoms with Gasteiger partial charge in [0.2, 0.25) is 0 Å². The van der Waals surface area contributed by atoms with Crippen molar-refractivity contribution in [1.82, 2.24) is 9.55 Å². The number of hydrogen-bond acceptors (Lipinski definition) is 11. The highest BCUT2D eigenvalue weighted by Crippen LogP contribution is 2.54. The predicted octanol–water partition coefficient (Wildman–Crippen LogP) is 0.397. The smallest absolute Gasteiger partial charge is 0.404 e. The molecule has 0 amide bonds. The largest absolute Gasteiger partial charge is 0.530 e. The van der Waals surface area contributed by atoms with Gasteiger partial charge >= 0.3 is 13.5 Å². The molecule has 1 aromatic heterocycles. The van der Waals surface area contributed by atoms with Crippen LogP contribution in [0.1, 0.15) is 11.8 Å². The Kier molecular flexibility index (Phi) is 5.40. The maximum absolute atomic E-state index is 12.7. The van der Waals surface area contributed by atoms with Gasteiger partial charge in [0.1, 0.15) is 24.1 Å². The molecule has 2 aliphatic heterocycles. The van der Waals surface area contributed by atoms with Gasteiger partial charge in [-0.3, -0.25) is 24.3 Å². The van der Waals surface area contributed by atoms with E-state index in [1.807, 2.05) is 0 Å². The summed E-state index contributed by atoms with van der Waals surface area (Å²) in [7, 11) is -3.95. The van der Waals surface area contributed by atoms with Crippen molar-refractivity contribution < 1.29 is 38.3 Å². The van der Waals surface area contributed by atoms with Gasteiger partial charge in [0.25, 0.3) is 0 Å². The van der Waals surface area contributed by atoms with Crippen LogP contribution >= 0.6 is 7.82 Å². The maximum atomic E-state index is 12.7. The number of benzene rings is 1. The lowest BCUT2D eigenvalue weighted by atomic mass is 10.1. The standard InChI is InChI=1S/C16H18N3O9P/c20-13-11(8-26-29(24)25-7-9-3-1-2-4-10(9)28-29)27-15(14(13)21)19-6-5-12(18-23)17-16(19)22/h1-6,11,13-15,20-21,23H,7-8H2,(H,17,18,22)/t11-,13?,14+,15-,29?/m1/s1. The van der Waals surface area contributed by atoms with Gasteiger partial charge in [-0.05, 0) is 12.1 Å². The van der Waals surface area contributed by atoms with Crippen LogP contribution in [0.5, 0.6) is 5.75 Å². The second-order valence-electron chi connectivity index (χ2n) is 6.38. The van der Waals surface area contributed by atoms with E-state index in [4.69, 9.17) is 23.5 Å². The van der Waals surface area contributed by atoms with Gasteiger partial charge in [-0.25, -0.2) is 9.36 Å². The van der Waals surface area contributed by atoms with Crippen LogP contribution in [0.3, 0.4) is 0 Å². The Hall–Kier alpha value is -2.31. The van der Waals surface area contributed by atoms with Crippen molar-refractivity contribution in [2.24, 2.45) is 0 Å². The predicted molar refractivity (Wildman–Crippen MR) is 95.2 cm³/mol. The number of phosphoric ester groups is 1. The minimum Gasteiger partial charge on any atom is -0.404 e. The first kappa shape index (κ1) is 20.0. The number of fused-ring (bicyclic) bond motifs is 1. The van der Waals surface area contributed by atoms with E-state index in [0.717, 1.165) is 4.57 Å². The average Bonchev–Trinajstić information content (AvgIpc) is 3.00. The van der Waals surface area contributed by atoms with Crippen LogP contribution in [0.25, 0.3) is 0 Å². The fraction of sp³-hybridized carbons (Fsp3) is 0.375. The minimum atomic E-state index is -3.95. The third-order valence-corrected chi connectivity index (χ3v) is 5.84. The third kappa shape index (κ3) is 3.91. The zero-order valence-corrected chi connectivity index (χ0v) is 15.7. The summed E-state index contributed by atoms with van der Waals surface area (Å²) in [4.78, 5) is 15.6. The van der Waals surface area contributed by atoms with E-state index in [-0.39, 0.29) is 12.4 Å². The maximum Gasteiger partial charge on any atom is 0.530 e. The number of aromatic nitrogens is 2. The number of para-hydroxylation sites is 1. The summed E-state index contributed by atoms with van der Waals surface area (Å²) in [5, 5.41) is 29.3. The van der Waals surface area contributed by atoms with Gasteiger partial charge in [-0.1, -0.05) is 18.2 Å². The van der Waals surface area contributed by atoms with Crippen LogP contribution in [-0.2, 0) is 25.0 Å². The van der Waals surface area contributed by atoms with E-state index >= 15 is 0 Å². The molecule has 12 nitrogen and oxygen atoms in total. The molecular formula is C16H18N3O9P. The second kappa shape index (κ2) is 7.84. The monoisotopic (exact) mass is 427 g/mol. The highest BCUT2D eigenvalue weighted by molar-refractivity contribution is 7.49. The molecule has 4 N–H and O–H groups in total. The van der Waals surface area contributed by atoms with Crippen molar-refractivity contribution in [1.29, 1.82) is 0 Å². The quantitative estimate of drug-likeness (QED) is 0.386. The molecule has 0 bridgehead atoms. The first-order valence-corrected chi connectivity index (χ1v) is 10.0. The highest BCUT2D eigenvalue weighted by atomic mass is 31.2. The minimum absolute atomic E-state index is 0.0269. The Bertz CT molecular complexity index is 1000. The van der Waals surface area contributed by atoms with Crippen molar-refractivity contribution in [3.8, 4) is 5.75 Å². The lowest BCUT2D eigenvalue weighted by Gasteiger charge is -2.25. The molecule has 5 atom stereocenters. The van der Waals surface area contributed by atoms with Crippen LogP contribution in [0, 0.1) is 0 Å². The number of ether oxygens (including phenoxy) is 1. The first-order chi connectivity index (χ1) is 13.9. The Labute approximate surface area is 163 Å². The Morgan fingerprint density at radius 1 is 1.28 bits per heavy atom. The van der Waals surface area contributed by atoms with Crippen molar-refractivity contribution in [2.45, 2.75) is 31.1 Å². The summed E-state index contributed by atoms with van der Waals surface area (Å²) in [6.45, 7) is -0.397. The number of phosphoric acid groups is 1. The lowest BCUT2D eigenvalue weighted by molar-refractivity contribution is -0.0553. The number of nitrogens with one attached hydrogen (secondary N) is 1. The van der Waals surface area contributed by atoms with E-state index in [1.165, 1.54) is 12.3 Å². The Morgan fingerprint density at radius 3 is 2.83 bits per heavy atom. The number of aliphatic hydroxyl groups is 2. The molecule has 29 heavy (non-hydrogen) atoms. The molecule has 2 aromatic rings. The summed E-state index contributed by atoms with van der Waals surface area (Å²) in [6.07, 6.45) is -4.07. The Morgan fingerprint density at radius 2 is 2.07 bits per heavy atom. The van der Waals surface area contributed by atoms with E-state index in [9.17, 15) is 19.6 Å².